The summed E-state index contributed by atoms with van der Waals surface area (Å²) in [4.78, 5) is 0. The lowest BCUT2D eigenvalue weighted by Crippen LogP contribution is -1.95. The molecule has 0 amide bonds. The standard InChI is InChI=1S/C12H16O2S2/c1-3-4-5-6-14-10-8-16-11-9(13-2)7-15-12(10)11/h7-8H,3-6H2,1-2H3. The van der Waals surface area contributed by atoms with Crippen molar-refractivity contribution < 1.29 is 9.47 Å². The van der Waals surface area contributed by atoms with Gasteiger partial charge in [-0.05, 0) is 6.42 Å². The van der Waals surface area contributed by atoms with Gasteiger partial charge in [-0.3, -0.25) is 0 Å². The second-order valence-electron chi connectivity index (χ2n) is 3.62. The maximum atomic E-state index is 5.78. The van der Waals surface area contributed by atoms with Crippen LogP contribution in [0, 0.1) is 0 Å². The average molecular weight is 256 g/mol. The molecule has 4 heteroatoms. The van der Waals surface area contributed by atoms with Crippen LogP contribution in [0.4, 0.5) is 0 Å². The second-order valence-corrected chi connectivity index (χ2v) is 5.38. The topological polar surface area (TPSA) is 18.5 Å². The van der Waals surface area contributed by atoms with E-state index in [2.05, 4.69) is 12.3 Å². The third kappa shape index (κ3) is 2.33. The third-order valence-electron chi connectivity index (χ3n) is 2.45. The molecule has 0 saturated heterocycles. The Bertz CT molecular complexity index is 445. The minimum Gasteiger partial charge on any atom is -0.494 e. The third-order valence-corrected chi connectivity index (χ3v) is 4.52. The van der Waals surface area contributed by atoms with Gasteiger partial charge in [-0.25, -0.2) is 0 Å². The summed E-state index contributed by atoms with van der Waals surface area (Å²) in [5.74, 6) is 1.98. The fraction of sp³-hybridized carbons (Fsp3) is 0.500. The average Bonchev–Trinajstić information content (AvgIpc) is 2.86. The van der Waals surface area contributed by atoms with Gasteiger partial charge in [0.25, 0.3) is 0 Å². The van der Waals surface area contributed by atoms with Crippen LogP contribution in [0.2, 0.25) is 0 Å². The molecule has 2 heterocycles. The van der Waals surface area contributed by atoms with Crippen molar-refractivity contribution in [1.29, 1.82) is 0 Å². The molecule has 0 aliphatic rings. The fourth-order valence-corrected chi connectivity index (χ4v) is 3.75. The first-order valence-electron chi connectivity index (χ1n) is 5.52. The lowest BCUT2D eigenvalue weighted by atomic mass is 10.3. The lowest BCUT2D eigenvalue weighted by Gasteiger charge is -2.02. The van der Waals surface area contributed by atoms with Crippen molar-refractivity contribution in [2.24, 2.45) is 0 Å². The van der Waals surface area contributed by atoms with Crippen molar-refractivity contribution in [2.75, 3.05) is 13.7 Å². The van der Waals surface area contributed by atoms with Crippen LogP contribution in [0.25, 0.3) is 9.40 Å². The van der Waals surface area contributed by atoms with Gasteiger partial charge < -0.3 is 9.47 Å². The van der Waals surface area contributed by atoms with Gasteiger partial charge in [0.05, 0.1) is 23.1 Å². The number of methoxy groups -OCH3 is 1. The van der Waals surface area contributed by atoms with Gasteiger partial charge in [0.15, 0.2) is 0 Å². The molecule has 0 fully saturated rings. The maximum Gasteiger partial charge on any atom is 0.147 e. The summed E-state index contributed by atoms with van der Waals surface area (Å²) in [5.41, 5.74) is 0. The van der Waals surface area contributed by atoms with Gasteiger partial charge in [0, 0.05) is 10.8 Å². The summed E-state index contributed by atoms with van der Waals surface area (Å²) >= 11 is 3.39. The molecule has 16 heavy (non-hydrogen) atoms. The molecule has 0 saturated carbocycles. The second kappa shape index (κ2) is 5.55. The molecule has 0 spiro atoms. The Balaban J connectivity index is 2.04. The Morgan fingerprint density at radius 1 is 1.06 bits per heavy atom. The summed E-state index contributed by atoms with van der Waals surface area (Å²) < 4.78 is 13.5. The summed E-state index contributed by atoms with van der Waals surface area (Å²) in [7, 11) is 1.71. The van der Waals surface area contributed by atoms with E-state index in [4.69, 9.17) is 9.47 Å². The molecule has 88 valence electrons. The number of rotatable bonds is 6. The zero-order chi connectivity index (χ0) is 11.4. The first kappa shape index (κ1) is 11.7. The number of hydrogen-bond donors (Lipinski definition) is 0. The first-order valence-corrected chi connectivity index (χ1v) is 7.28. The Morgan fingerprint density at radius 2 is 1.75 bits per heavy atom. The number of thiophene rings is 2. The molecular formula is C12H16O2S2. The molecule has 0 bridgehead atoms. The van der Waals surface area contributed by atoms with Crippen molar-refractivity contribution in [2.45, 2.75) is 26.2 Å². The SMILES string of the molecule is CCCCCOc1csc2c(OC)csc12. The highest BCUT2D eigenvalue weighted by atomic mass is 32.1. The Labute approximate surface area is 104 Å². The smallest absolute Gasteiger partial charge is 0.147 e. The van der Waals surface area contributed by atoms with Crippen molar-refractivity contribution in [1.82, 2.24) is 0 Å². The van der Waals surface area contributed by atoms with Gasteiger partial charge in [0.2, 0.25) is 0 Å². The van der Waals surface area contributed by atoms with Crippen LogP contribution < -0.4 is 9.47 Å². The first-order chi connectivity index (χ1) is 7.86. The van der Waals surface area contributed by atoms with Gasteiger partial charge in [-0.15, -0.1) is 22.7 Å². The quantitative estimate of drug-likeness (QED) is 0.706. The van der Waals surface area contributed by atoms with E-state index in [1.807, 2.05) is 5.38 Å². The predicted molar refractivity (Wildman–Crippen MR) is 71.3 cm³/mol. The fourth-order valence-electron chi connectivity index (χ4n) is 1.55. The van der Waals surface area contributed by atoms with Crippen LogP contribution in [0.5, 0.6) is 11.5 Å². The van der Waals surface area contributed by atoms with Crippen LogP contribution in [0.3, 0.4) is 0 Å². The normalized spacial score (nSPS) is 10.9. The lowest BCUT2D eigenvalue weighted by molar-refractivity contribution is 0.311. The van der Waals surface area contributed by atoms with Gasteiger partial charge in [-0.2, -0.15) is 0 Å². The number of ether oxygens (including phenoxy) is 2. The minimum atomic E-state index is 0.819. The molecule has 0 radical (unpaired) electrons. The molecule has 0 aromatic carbocycles. The molecule has 2 aromatic rings. The maximum absolute atomic E-state index is 5.78. The van der Waals surface area contributed by atoms with E-state index in [1.54, 1.807) is 29.8 Å². The van der Waals surface area contributed by atoms with E-state index in [-0.39, 0.29) is 0 Å². The zero-order valence-corrected chi connectivity index (χ0v) is 11.2. The highest BCUT2D eigenvalue weighted by molar-refractivity contribution is 7.27. The van der Waals surface area contributed by atoms with Crippen LogP contribution in [0.15, 0.2) is 10.8 Å². The number of unbranched alkanes of at least 4 members (excludes halogenated alkanes) is 2. The monoisotopic (exact) mass is 256 g/mol. The van der Waals surface area contributed by atoms with E-state index in [0.29, 0.717) is 0 Å². The molecule has 0 atom stereocenters. The van der Waals surface area contributed by atoms with E-state index in [9.17, 15) is 0 Å². The highest BCUT2D eigenvalue weighted by Crippen LogP contribution is 2.43. The molecule has 0 aliphatic carbocycles. The molecule has 2 nitrogen and oxygen atoms in total. The Morgan fingerprint density at radius 3 is 2.44 bits per heavy atom. The van der Waals surface area contributed by atoms with E-state index < -0.39 is 0 Å². The van der Waals surface area contributed by atoms with E-state index in [0.717, 1.165) is 24.5 Å². The van der Waals surface area contributed by atoms with Gasteiger partial charge in [-0.1, -0.05) is 19.8 Å². The van der Waals surface area contributed by atoms with Crippen LogP contribution in [-0.2, 0) is 0 Å². The molecular weight excluding hydrogens is 240 g/mol. The summed E-state index contributed by atoms with van der Waals surface area (Å²) in [6.45, 7) is 3.02. The van der Waals surface area contributed by atoms with Crippen LogP contribution >= 0.6 is 22.7 Å². The Hall–Kier alpha value is -0.740. The van der Waals surface area contributed by atoms with Crippen molar-refractivity contribution in [3.63, 3.8) is 0 Å². The van der Waals surface area contributed by atoms with Gasteiger partial charge in [0.1, 0.15) is 11.5 Å². The van der Waals surface area contributed by atoms with Crippen molar-refractivity contribution >= 4 is 32.1 Å². The van der Waals surface area contributed by atoms with Crippen LogP contribution in [-0.4, -0.2) is 13.7 Å². The number of fused-ring (bicyclic) bond motifs is 1. The minimum absolute atomic E-state index is 0.819. The molecule has 2 rings (SSSR count). The molecule has 0 N–H and O–H groups in total. The summed E-state index contributed by atoms with van der Waals surface area (Å²) in [5, 5.41) is 4.12. The van der Waals surface area contributed by atoms with Crippen molar-refractivity contribution in [3.8, 4) is 11.5 Å². The van der Waals surface area contributed by atoms with E-state index in [1.165, 1.54) is 22.2 Å². The molecule has 0 unspecified atom stereocenters. The van der Waals surface area contributed by atoms with E-state index >= 15 is 0 Å². The summed E-state index contributed by atoms with van der Waals surface area (Å²) in [6, 6.07) is 0. The predicted octanol–water partition coefficient (Wildman–Crippen LogP) is 4.54. The molecule has 2 aromatic heterocycles. The van der Waals surface area contributed by atoms with Gasteiger partial charge >= 0.3 is 0 Å². The van der Waals surface area contributed by atoms with Crippen LogP contribution in [0.1, 0.15) is 26.2 Å². The zero-order valence-electron chi connectivity index (χ0n) is 9.62. The Kier molecular flexibility index (Phi) is 4.07. The number of hydrogen-bond acceptors (Lipinski definition) is 4. The molecule has 0 aliphatic heterocycles. The summed E-state index contributed by atoms with van der Waals surface area (Å²) in [6.07, 6.45) is 3.60. The largest absolute Gasteiger partial charge is 0.494 e. The van der Waals surface area contributed by atoms with Crippen molar-refractivity contribution in [3.05, 3.63) is 10.8 Å². The highest BCUT2D eigenvalue weighted by Gasteiger charge is 2.11.